The number of nitrogens with zero attached hydrogens (tertiary/aromatic N) is 2. The molecule has 0 saturated heterocycles. The van der Waals surface area contributed by atoms with E-state index in [4.69, 9.17) is 17.4 Å². The van der Waals surface area contributed by atoms with Crippen molar-refractivity contribution in [3.8, 4) is 18.4 Å². The molecule has 1 aromatic carbocycles. The minimum Gasteiger partial charge on any atom is -0.351 e. The maximum Gasteiger partial charge on any atom is 0.319 e. The number of para-hydroxylation sites is 1. The molecule has 0 bridgehead atoms. The molecule has 0 aliphatic heterocycles. The molecule has 2 rings (SSSR count). The second-order valence-corrected chi connectivity index (χ2v) is 4.42. The number of rotatable bonds is 3. The third-order valence-electron chi connectivity index (χ3n) is 2.98. The first kappa shape index (κ1) is 14.9. The van der Waals surface area contributed by atoms with Gasteiger partial charge in [0.2, 0.25) is 0 Å². The fraction of sp³-hybridized carbons (Fsp3) is 0.0625. The predicted molar refractivity (Wildman–Crippen MR) is 82.1 cm³/mol. The smallest absolute Gasteiger partial charge is 0.319 e. The Hall–Kier alpha value is -3.51. The van der Waals surface area contributed by atoms with Crippen LogP contribution >= 0.6 is 0 Å². The summed E-state index contributed by atoms with van der Waals surface area (Å²) in [5, 5.41) is 11.8. The average Bonchev–Trinajstić information content (AvgIpc) is 2.83. The lowest BCUT2D eigenvalue weighted by Gasteiger charge is -1.98. The zero-order valence-corrected chi connectivity index (χ0v) is 11.5. The average molecular weight is 292 g/mol. The molecule has 0 radical (unpaired) electrons. The Labute approximate surface area is 126 Å². The van der Waals surface area contributed by atoms with Gasteiger partial charge in [0.1, 0.15) is 11.6 Å². The van der Waals surface area contributed by atoms with Gasteiger partial charge in [0.05, 0.1) is 6.54 Å². The van der Waals surface area contributed by atoms with Gasteiger partial charge in [-0.15, -0.1) is 6.42 Å². The largest absolute Gasteiger partial charge is 0.351 e. The van der Waals surface area contributed by atoms with Crippen molar-refractivity contribution in [1.29, 1.82) is 5.26 Å². The number of aromatic nitrogens is 1. The topological polar surface area (TPSA) is 101 Å². The summed E-state index contributed by atoms with van der Waals surface area (Å²) in [4.78, 5) is 22.4. The molecule has 6 nitrogen and oxygen atoms in total. The van der Waals surface area contributed by atoms with E-state index in [2.05, 4.69) is 5.92 Å². The molecule has 1 aromatic heterocycles. The summed E-state index contributed by atoms with van der Waals surface area (Å²) in [6.07, 6.45) is 8.48. The van der Waals surface area contributed by atoms with Gasteiger partial charge in [-0.05, 0) is 12.1 Å². The van der Waals surface area contributed by atoms with E-state index in [9.17, 15) is 9.59 Å². The second-order valence-electron chi connectivity index (χ2n) is 4.42. The van der Waals surface area contributed by atoms with Gasteiger partial charge in [0.15, 0.2) is 0 Å². The number of nitrogens with one attached hydrogen (secondary N) is 1. The Kier molecular flexibility index (Phi) is 4.26. The second kappa shape index (κ2) is 6.29. The summed E-state index contributed by atoms with van der Waals surface area (Å²) in [6, 6.07) is 8.20. The van der Waals surface area contributed by atoms with Crippen molar-refractivity contribution in [1.82, 2.24) is 9.88 Å². The molecule has 108 valence electrons. The van der Waals surface area contributed by atoms with Crippen molar-refractivity contribution >= 4 is 28.9 Å². The zero-order chi connectivity index (χ0) is 16.1. The Balaban J connectivity index is 2.52. The number of fused-ring (bicyclic) bond motifs is 1. The lowest BCUT2D eigenvalue weighted by Crippen LogP contribution is -2.35. The van der Waals surface area contributed by atoms with E-state index in [0.717, 1.165) is 10.9 Å². The van der Waals surface area contributed by atoms with Gasteiger partial charge < -0.3 is 10.3 Å². The zero-order valence-electron chi connectivity index (χ0n) is 11.5. The van der Waals surface area contributed by atoms with Crippen LogP contribution in [0.25, 0.3) is 17.0 Å². The highest BCUT2D eigenvalue weighted by Crippen LogP contribution is 2.23. The summed E-state index contributed by atoms with van der Waals surface area (Å²) >= 11 is 0. The molecule has 0 fully saturated rings. The molecule has 2 aromatic rings. The van der Waals surface area contributed by atoms with E-state index in [1.165, 1.54) is 6.08 Å². The van der Waals surface area contributed by atoms with Crippen molar-refractivity contribution in [2.75, 3.05) is 0 Å². The number of carbonyl (C=O) groups excluding carboxylic acids is 2. The SMILES string of the molecule is C#CCn1cc(/C=C(/C#N)C(=O)NC(N)=O)c2ccccc21. The van der Waals surface area contributed by atoms with E-state index >= 15 is 0 Å². The molecule has 3 amide bonds. The van der Waals surface area contributed by atoms with Gasteiger partial charge in [-0.1, -0.05) is 24.1 Å². The predicted octanol–water partition coefficient (Wildman–Crippen LogP) is 1.38. The number of urea groups is 1. The molecule has 0 atom stereocenters. The minimum atomic E-state index is -1.01. The quantitative estimate of drug-likeness (QED) is 0.507. The summed E-state index contributed by atoms with van der Waals surface area (Å²) in [5.41, 5.74) is 6.20. The molecule has 6 heteroatoms. The van der Waals surface area contributed by atoms with Gasteiger partial charge in [-0.3, -0.25) is 10.1 Å². The molecular formula is C16H12N4O2. The van der Waals surface area contributed by atoms with Gasteiger partial charge in [-0.25, -0.2) is 4.79 Å². The fourth-order valence-corrected chi connectivity index (χ4v) is 2.10. The third kappa shape index (κ3) is 2.97. The number of terminal acetylenes is 1. The summed E-state index contributed by atoms with van der Waals surface area (Å²) in [7, 11) is 0. The van der Waals surface area contributed by atoms with Gasteiger partial charge >= 0.3 is 6.03 Å². The van der Waals surface area contributed by atoms with Crippen LogP contribution < -0.4 is 11.1 Å². The molecule has 0 unspecified atom stereocenters. The van der Waals surface area contributed by atoms with Crippen molar-refractivity contribution in [3.05, 3.63) is 41.6 Å². The van der Waals surface area contributed by atoms with Crippen molar-refractivity contribution < 1.29 is 9.59 Å². The normalized spacial score (nSPS) is 10.7. The van der Waals surface area contributed by atoms with Gasteiger partial charge in [0, 0.05) is 22.7 Å². The number of hydrogen-bond donors (Lipinski definition) is 2. The first-order valence-corrected chi connectivity index (χ1v) is 6.30. The minimum absolute atomic E-state index is 0.220. The van der Waals surface area contributed by atoms with Crippen LogP contribution in [0.2, 0.25) is 0 Å². The van der Waals surface area contributed by atoms with E-state index in [1.54, 1.807) is 12.3 Å². The van der Waals surface area contributed by atoms with Crippen LogP contribution in [0.15, 0.2) is 36.0 Å². The molecule has 22 heavy (non-hydrogen) atoms. The molecule has 0 aliphatic rings. The lowest BCUT2D eigenvalue weighted by molar-refractivity contribution is -0.115. The van der Waals surface area contributed by atoms with E-state index in [0.29, 0.717) is 12.1 Å². The molecule has 0 spiro atoms. The van der Waals surface area contributed by atoms with Crippen LogP contribution in [0.1, 0.15) is 5.56 Å². The highest BCUT2D eigenvalue weighted by molar-refractivity contribution is 6.09. The van der Waals surface area contributed by atoms with Crippen LogP contribution in [0.5, 0.6) is 0 Å². The van der Waals surface area contributed by atoms with Crippen LogP contribution in [0.4, 0.5) is 4.79 Å². The Morgan fingerprint density at radius 1 is 1.41 bits per heavy atom. The number of nitriles is 1. The Bertz CT molecular complexity index is 862. The van der Waals surface area contributed by atoms with Gasteiger partial charge in [0.25, 0.3) is 5.91 Å². The lowest BCUT2D eigenvalue weighted by atomic mass is 10.1. The molecular weight excluding hydrogens is 280 g/mol. The first-order valence-electron chi connectivity index (χ1n) is 6.30. The number of nitrogens with two attached hydrogens (primary N) is 1. The maximum absolute atomic E-state index is 11.7. The highest BCUT2D eigenvalue weighted by atomic mass is 16.2. The van der Waals surface area contributed by atoms with Crippen LogP contribution in [0.3, 0.4) is 0 Å². The van der Waals surface area contributed by atoms with Crippen molar-refractivity contribution in [3.63, 3.8) is 0 Å². The number of benzene rings is 1. The van der Waals surface area contributed by atoms with Crippen molar-refractivity contribution in [2.45, 2.75) is 6.54 Å². The Morgan fingerprint density at radius 2 is 2.14 bits per heavy atom. The summed E-state index contributed by atoms with van der Waals surface area (Å²) < 4.78 is 1.84. The number of primary amides is 1. The molecule has 0 saturated carbocycles. The maximum atomic E-state index is 11.7. The van der Waals surface area contributed by atoms with E-state index in [-0.39, 0.29) is 5.57 Å². The van der Waals surface area contributed by atoms with Crippen LogP contribution in [-0.4, -0.2) is 16.5 Å². The highest BCUT2D eigenvalue weighted by Gasteiger charge is 2.13. The number of carbonyl (C=O) groups is 2. The molecule has 1 heterocycles. The summed E-state index contributed by atoms with van der Waals surface area (Å²) in [5.74, 6) is 1.70. The standard InChI is InChI=1S/C16H12N4O2/c1-2-7-20-10-12(13-5-3-4-6-14(13)20)8-11(9-17)15(21)19-16(18)22/h1,3-6,8,10H,7H2,(H3,18,19,21,22)/b11-8-. The van der Waals surface area contributed by atoms with Crippen LogP contribution in [-0.2, 0) is 11.3 Å². The third-order valence-corrected chi connectivity index (χ3v) is 2.98. The van der Waals surface area contributed by atoms with Crippen molar-refractivity contribution in [2.24, 2.45) is 5.73 Å². The number of hydrogen-bond acceptors (Lipinski definition) is 3. The van der Waals surface area contributed by atoms with Crippen LogP contribution in [0, 0.1) is 23.7 Å². The monoisotopic (exact) mass is 292 g/mol. The summed E-state index contributed by atoms with van der Waals surface area (Å²) in [6.45, 7) is 0.365. The number of amides is 3. The molecule has 3 N–H and O–H groups in total. The number of imide groups is 1. The van der Waals surface area contributed by atoms with E-state index in [1.807, 2.05) is 34.1 Å². The fourth-order valence-electron chi connectivity index (χ4n) is 2.10. The van der Waals surface area contributed by atoms with Gasteiger partial charge in [-0.2, -0.15) is 5.26 Å². The first-order chi connectivity index (χ1) is 10.6. The Morgan fingerprint density at radius 3 is 2.77 bits per heavy atom. The molecule has 0 aliphatic carbocycles. The van der Waals surface area contributed by atoms with E-state index < -0.39 is 11.9 Å².